The fourth-order valence-corrected chi connectivity index (χ4v) is 3.88. The zero-order valence-electron chi connectivity index (χ0n) is 11.3. The summed E-state index contributed by atoms with van der Waals surface area (Å²) in [5.41, 5.74) is 0.113. The Morgan fingerprint density at radius 1 is 1.47 bits per heavy atom. The van der Waals surface area contributed by atoms with Crippen molar-refractivity contribution < 1.29 is 4.92 Å². The molecule has 2 unspecified atom stereocenters. The van der Waals surface area contributed by atoms with Crippen LogP contribution >= 0.6 is 11.8 Å². The molecule has 19 heavy (non-hydrogen) atoms. The molecule has 0 amide bonds. The van der Waals surface area contributed by atoms with Gasteiger partial charge in [0, 0.05) is 18.4 Å². The number of rotatable bonds is 4. The lowest BCUT2D eigenvalue weighted by atomic mass is 9.91. The van der Waals surface area contributed by atoms with Crippen LogP contribution in [0.3, 0.4) is 0 Å². The van der Waals surface area contributed by atoms with Gasteiger partial charge in [0.05, 0.1) is 4.92 Å². The van der Waals surface area contributed by atoms with Crippen LogP contribution in [-0.4, -0.2) is 22.2 Å². The lowest BCUT2D eigenvalue weighted by molar-refractivity contribution is -0.388. The Morgan fingerprint density at radius 3 is 2.89 bits per heavy atom. The van der Waals surface area contributed by atoms with E-state index in [1.165, 1.54) is 18.9 Å². The van der Waals surface area contributed by atoms with Crippen molar-refractivity contribution in [3.05, 3.63) is 22.2 Å². The average Bonchev–Trinajstić information content (AvgIpc) is 2.38. The molecule has 1 N–H and O–H groups in total. The molecular formula is C13H19N3O2S. The topological polar surface area (TPSA) is 68.1 Å². The van der Waals surface area contributed by atoms with Gasteiger partial charge in [-0.05, 0) is 24.8 Å². The highest BCUT2D eigenvalue weighted by atomic mass is 32.2. The lowest BCUT2D eigenvalue weighted by Crippen LogP contribution is -2.15. The largest absolute Gasteiger partial charge is 0.373 e. The van der Waals surface area contributed by atoms with Crippen LogP contribution in [0, 0.1) is 16.0 Å². The van der Waals surface area contributed by atoms with E-state index in [2.05, 4.69) is 17.2 Å². The second-order valence-electron chi connectivity index (χ2n) is 5.04. The summed E-state index contributed by atoms with van der Waals surface area (Å²) in [6.45, 7) is 2.25. The molecule has 0 bridgehead atoms. The number of pyridine rings is 1. The summed E-state index contributed by atoms with van der Waals surface area (Å²) >= 11 is 1.56. The van der Waals surface area contributed by atoms with Gasteiger partial charge in [-0.3, -0.25) is 10.1 Å². The monoisotopic (exact) mass is 281 g/mol. The molecule has 1 aliphatic rings. The summed E-state index contributed by atoms with van der Waals surface area (Å²) in [4.78, 5) is 15.1. The Hall–Kier alpha value is -1.30. The third-order valence-corrected chi connectivity index (χ3v) is 4.74. The van der Waals surface area contributed by atoms with Crippen LogP contribution in [0.2, 0.25) is 0 Å². The summed E-state index contributed by atoms with van der Waals surface area (Å²) in [5, 5.41) is 15.0. The van der Waals surface area contributed by atoms with E-state index in [1.807, 2.05) is 0 Å². The third-order valence-electron chi connectivity index (χ3n) is 3.46. The number of nitrogens with one attached hydrogen (secondary N) is 1. The van der Waals surface area contributed by atoms with Crippen LogP contribution in [0.1, 0.15) is 32.6 Å². The van der Waals surface area contributed by atoms with Crippen molar-refractivity contribution in [2.24, 2.45) is 5.92 Å². The van der Waals surface area contributed by atoms with Crippen molar-refractivity contribution in [2.45, 2.75) is 42.9 Å². The Morgan fingerprint density at radius 2 is 2.26 bits per heavy atom. The van der Waals surface area contributed by atoms with Crippen molar-refractivity contribution in [3.8, 4) is 0 Å². The molecule has 1 saturated carbocycles. The molecule has 0 radical (unpaired) electrons. The second kappa shape index (κ2) is 6.23. The fraction of sp³-hybridized carbons (Fsp3) is 0.615. The zero-order chi connectivity index (χ0) is 13.8. The van der Waals surface area contributed by atoms with E-state index in [0.717, 1.165) is 12.8 Å². The van der Waals surface area contributed by atoms with Crippen molar-refractivity contribution in [2.75, 3.05) is 12.4 Å². The molecule has 1 aromatic rings. The number of aromatic nitrogens is 1. The number of nitro groups is 1. The van der Waals surface area contributed by atoms with Gasteiger partial charge in [-0.25, -0.2) is 4.98 Å². The van der Waals surface area contributed by atoms with Crippen LogP contribution in [0.25, 0.3) is 0 Å². The molecular weight excluding hydrogens is 262 g/mol. The second-order valence-corrected chi connectivity index (χ2v) is 6.33. The predicted octanol–water partition coefficient (Wildman–Crippen LogP) is 3.70. The molecule has 1 fully saturated rings. The van der Waals surface area contributed by atoms with E-state index in [4.69, 9.17) is 0 Å². The van der Waals surface area contributed by atoms with E-state index in [9.17, 15) is 10.1 Å². The molecule has 0 aliphatic heterocycles. The molecule has 0 spiro atoms. The maximum atomic E-state index is 11.1. The van der Waals surface area contributed by atoms with Crippen LogP contribution < -0.4 is 5.32 Å². The highest BCUT2D eigenvalue weighted by molar-refractivity contribution is 8.00. The van der Waals surface area contributed by atoms with Crippen molar-refractivity contribution in [1.82, 2.24) is 4.98 Å². The zero-order valence-corrected chi connectivity index (χ0v) is 12.1. The SMILES string of the molecule is CNc1ccc([N+](=O)[O-])c(SC2CCCC(C)C2)n1. The number of thioether (sulfide) groups is 1. The molecule has 1 aromatic heterocycles. The van der Waals surface area contributed by atoms with Gasteiger partial charge >= 0.3 is 5.69 Å². The summed E-state index contributed by atoms with van der Waals surface area (Å²) < 4.78 is 0. The van der Waals surface area contributed by atoms with Gasteiger partial charge in [0.25, 0.3) is 0 Å². The lowest BCUT2D eigenvalue weighted by Gasteiger charge is -2.25. The molecule has 6 heteroatoms. The Bertz CT molecular complexity index is 467. The molecule has 5 nitrogen and oxygen atoms in total. The van der Waals surface area contributed by atoms with Crippen molar-refractivity contribution >= 4 is 23.3 Å². The number of anilines is 1. The van der Waals surface area contributed by atoms with E-state index in [1.54, 1.807) is 24.9 Å². The van der Waals surface area contributed by atoms with E-state index in [-0.39, 0.29) is 10.6 Å². The van der Waals surface area contributed by atoms with Gasteiger partial charge in [0.15, 0.2) is 5.03 Å². The van der Waals surface area contributed by atoms with Crippen molar-refractivity contribution in [1.29, 1.82) is 0 Å². The van der Waals surface area contributed by atoms with Gasteiger partial charge in [-0.15, -0.1) is 0 Å². The van der Waals surface area contributed by atoms with Gasteiger partial charge in [0.1, 0.15) is 5.82 Å². The minimum atomic E-state index is -0.346. The van der Waals surface area contributed by atoms with E-state index < -0.39 is 0 Å². The Balaban J connectivity index is 2.19. The molecule has 2 atom stereocenters. The van der Waals surface area contributed by atoms with Gasteiger partial charge in [0.2, 0.25) is 0 Å². The highest BCUT2D eigenvalue weighted by Crippen LogP contribution is 2.39. The summed E-state index contributed by atoms with van der Waals surface area (Å²) in [6.07, 6.45) is 4.71. The minimum Gasteiger partial charge on any atom is -0.373 e. The van der Waals surface area contributed by atoms with Crippen LogP contribution in [0.5, 0.6) is 0 Å². The smallest absolute Gasteiger partial charge is 0.301 e. The Kier molecular flexibility index (Phi) is 4.63. The first-order valence-electron chi connectivity index (χ1n) is 6.60. The summed E-state index contributed by atoms with van der Waals surface area (Å²) in [5.74, 6) is 1.38. The van der Waals surface area contributed by atoms with Crippen molar-refractivity contribution in [3.63, 3.8) is 0 Å². The first kappa shape index (κ1) is 14.1. The van der Waals surface area contributed by atoms with Crippen LogP contribution in [0.4, 0.5) is 11.5 Å². The standard InChI is InChI=1S/C13H19N3O2S/c1-9-4-3-5-10(8-9)19-13-11(16(17)18)6-7-12(14-2)15-13/h6-7,9-10H,3-5,8H2,1-2H3,(H,14,15). The molecule has 1 aliphatic carbocycles. The molecule has 0 aromatic carbocycles. The van der Waals surface area contributed by atoms with E-state index in [0.29, 0.717) is 22.0 Å². The molecule has 104 valence electrons. The number of hydrogen-bond acceptors (Lipinski definition) is 5. The fourth-order valence-electron chi connectivity index (χ4n) is 2.44. The molecule has 2 rings (SSSR count). The number of hydrogen-bond donors (Lipinski definition) is 1. The first-order chi connectivity index (χ1) is 9.10. The highest BCUT2D eigenvalue weighted by Gasteiger charge is 2.24. The van der Waals surface area contributed by atoms with E-state index >= 15 is 0 Å². The minimum absolute atomic E-state index is 0.113. The third kappa shape index (κ3) is 3.59. The van der Waals surface area contributed by atoms with Crippen LogP contribution in [-0.2, 0) is 0 Å². The maximum Gasteiger partial charge on any atom is 0.301 e. The first-order valence-corrected chi connectivity index (χ1v) is 7.48. The molecule has 1 heterocycles. The number of nitrogens with zero attached hydrogens (tertiary/aromatic N) is 2. The van der Waals surface area contributed by atoms with Gasteiger partial charge in [-0.1, -0.05) is 31.5 Å². The quantitative estimate of drug-likeness (QED) is 0.673. The predicted molar refractivity (Wildman–Crippen MR) is 77.7 cm³/mol. The average molecular weight is 281 g/mol. The van der Waals surface area contributed by atoms with Gasteiger partial charge in [-0.2, -0.15) is 0 Å². The Labute approximate surface area is 117 Å². The van der Waals surface area contributed by atoms with Crippen LogP contribution in [0.15, 0.2) is 17.2 Å². The van der Waals surface area contributed by atoms with Gasteiger partial charge < -0.3 is 5.32 Å². The normalized spacial score (nSPS) is 23.1. The maximum absolute atomic E-state index is 11.1. The summed E-state index contributed by atoms with van der Waals surface area (Å²) in [7, 11) is 1.77. The summed E-state index contributed by atoms with van der Waals surface area (Å²) in [6, 6.07) is 3.18. The molecule has 0 saturated heterocycles.